The van der Waals surface area contributed by atoms with E-state index in [0.717, 1.165) is 44.0 Å². The first-order valence-corrected chi connectivity index (χ1v) is 9.35. The average Bonchev–Trinajstić information content (AvgIpc) is 3.14. The molecule has 2 aliphatic rings. The van der Waals surface area contributed by atoms with Crippen LogP contribution >= 0.6 is 0 Å². The lowest BCUT2D eigenvalue weighted by Gasteiger charge is -2.29. The van der Waals surface area contributed by atoms with Crippen molar-refractivity contribution in [2.24, 2.45) is 11.8 Å². The van der Waals surface area contributed by atoms with Gasteiger partial charge >= 0.3 is 0 Å². The van der Waals surface area contributed by atoms with Gasteiger partial charge in [0, 0.05) is 37.7 Å². The van der Waals surface area contributed by atoms with E-state index in [1.54, 1.807) is 0 Å². The van der Waals surface area contributed by atoms with Crippen molar-refractivity contribution in [3.8, 4) is 0 Å². The number of carbonyl (C=O) groups excluding carboxylic acids is 1. The SMILES string of the molecule is Cc1cc2n(n1)C[C@@H](CN[C@H](C(=O)NC1CCCC1)C(C)C)CN2. The summed E-state index contributed by atoms with van der Waals surface area (Å²) in [6.07, 6.45) is 4.74. The molecule has 1 aliphatic heterocycles. The normalized spacial score (nSPS) is 22.2. The molecule has 1 aromatic rings. The van der Waals surface area contributed by atoms with E-state index in [1.165, 1.54) is 12.8 Å². The first-order valence-electron chi connectivity index (χ1n) is 9.35. The molecule has 0 spiro atoms. The number of hydrogen-bond acceptors (Lipinski definition) is 4. The molecule has 1 aliphatic carbocycles. The second kappa shape index (κ2) is 7.55. The van der Waals surface area contributed by atoms with Gasteiger partial charge in [-0.1, -0.05) is 26.7 Å². The van der Waals surface area contributed by atoms with Crippen molar-refractivity contribution >= 4 is 11.7 Å². The van der Waals surface area contributed by atoms with Crippen molar-refractivity contribution < 1.29 is 4.79 Å². The Balaban J connectivity index is 1.51. The maximum absolute atomic E-state index is 12.6. The predicted octanol–water partition coefficient (Wildman–Crippen LogP) is 1.91. The van der Waals surface area contributed by atoms with E-state index in [4.69, 9.17) is 0 Å². The Morgan fingerprint density at radius 2 is 2.17 bits per heavy atom. The number of aromatic nitrogens is 2. The van der Waals surface area contributed by atoms with E-state index in [0.29, 0.717) is 12.0 Å². The van der Waals surface area contributed by atoms with Crippen molar-refractivity contribution in [3.05, 3.63) is 11.8 Å². The molecule has 1 fully saturated rings. The Kier molecular flexibility index (Phi) is 5.43. The second-order valence-corrected chi connectivity index (χ2v) is 7.72. The van der Waals surface area contributed by atoms with Gasteiger partial charge < -0.3 is 16.0 Å². The standard InChI is InChI=1S/C18H31N5O/c1-12(2)17(18(24)21-15-6-4-5-7-15)20-10-14-9-19-16-8-13(3)22-23(16)11-14/h8,12,14-15,17,19-20H,4-7,9-11H2,1-3H3,(H,21,24)/t14-,17+/m1/s1. The first-order chi connectivity index (χ1) is 11.5. The maximum atomic E-state index is 12.6. The van der Waals surface area contributed by atoms with E-state index in [9.17, 15) is 4.79 Å². The fourth-order valence-corrected chi connectivity index (χ4v) is 3.81. The number of rotatable bonds is 6. The third-order valence-corrected chi connectivity index (χ3v) is 5.18. The summed E-state index contributed by atoms with van der Waals surface area (Å²) in [4.78, 5) is 12.6. The predicted molar refractivity (Wildman–Crippen MR) is 96.0 cm³/mol. The highest BCUT2D eigenvalue weighted by molar-refractivity contribution is 5.82. The number of aryl methyl sites for hydroxylation is 1. The van der Waals surface area contributed by atoms with Crippen LogP contribution in [-0.2, 0) is 11.3 Å². The van der Waals surface area contributed by atoms with Gasteiger partial charge in [-0.25, -0.2) is 4.68 Å². The van der Waals surface area contributed by atoms with Crippen LogP contribution in [0.1, 0.15) is 45.2 Å². The van der Waals surface area contributed by atoms with Crippen molar-refractivity contribution in [2.75, 3.05) is 18.4 Å². The number of carbonyl (C=O) groups is 1. The monoisotopic (exact) mass is 333 g/mol. The highest BCUT2D eigenvalue weighted by atomic mass is 16.2. The van der Waals surface area contributed by atoms with Gasteiger partial charge in [-0.05, 0) is 25.7 Å². The lowest BCUT2D eigenvalue weighted by molar-refractivity contribution is -0.124. The molecule has 2 atom stereocenters. The van der Waals surface area contributed by atoms with Crippen LogP contribution in [0.2, 0.25) is 0 Å². The molecule has 3 N–H and O–H groups in total. The van der Waals surface area contributed by atoms with Gasteiger partial charge in [0.1, 0.15) is 5.82 Å². The molecule has 0 bridgehead atoms. The van der Waals surface area contributed by atoms with Crippen LogP contribution in [0, 0.1) is 18.8 Å². The van der Waals surface area contributed by atoms with Gasteiger partial charge in [0.05, 0.1) is 11.7 Å². The summed E-state index contributed by atoms with van der Waals surface area (Å²) >= 11 is 0. The molecule has 1 saturated carbocycles. The molecule has 0 radical (unpaired) electrons. The van der Waals surface area contributed by atoms with E-state index in [-0.39, 0.29) is 17.9 Å². The number of anilines is 1. The molecule has 24 heavy (non-hydrogen) atoms. The molecule has 134 valence electrons. The van der Waals surface area contributed by atoms with Crippen molar-refractivity contribution in [3.63, 3.8) is 0 Å². The maximum Gasteiger partial charge on any atom is 0.237 e. The largest absolute Gasteiger partial charge is 0.370 e. The molecule has 0 aromatic carbocycles. The zero-order valence-corrected chi connectivity index (χ0v) is 15.1. The molecule has 0 saturated heterocycles. The van der Waals surface area contributed by atoms with Gasteiger partial charge in [0.15, 0.2) is 0 Å². The van der Waals surface area contributed by atoms with E-state index < -0.39 is 0 Å². The van der Waals surface area contributed by atoms with E-state index in [2.05, 4.69) is 41.0 Å². The highest BCUT2D eigenvalue weighted by Crippen LogP contribution is 2.19. The first kappa shape index (κ1) is 17.3. The molecule has 0 unspecified atom stereocenters. The van der Waals surface area contributed by atoms with E-state index >= 15 is 0 Å². The Morgan fingerprint density at radius 1 is 1.42 bits per heavy atom. The Hall–Kier alpha value is -1.56. The molecule has 1 aromatic heterocycles. The summed E-state index contributed by atoms with van der Waals surface area (Å²) in [6.45, 7) is 8.89. The highest BCUT2D eigenvalue weighted by Gasteiger charge is 2.27. The van der Waals surface area contributed by atoms with Crippen molar-refractivity contribution in [2.45, 2.75) is 65.1 Å². The fraction of sp³-hybridized carbons (Fsp3) is 0.778. The minimum absolute atomic E-state index is 0.119. The molecule has 2 heterocycles. The average molecular weight is 333 g/mol. The third kappa shape index (κ3) is 4.09. The van der Waals surface area contributed by atoms with Gasteiger partial charge in [-0.15, -0.1) is 0 Å². The molecule has 1 amide bonds. The summed E-state index contributed by atoms with van der Waals surface area (Å²) in [7, 11) is 0. The molecule has 6 nitrogen and oxygen atoms in total. The zero-order valence-electron chi connectivity index (χ0n) is 15.1. The number of hydrogen-bond donors (Lipinski definition) is 3. The van der Waals surface area contributed by atoms with Gasteiger partial charge in [0.2, 0.25) is 5.91 Å². The lowest BCUT2D eigenvalue weighted by atomic mass is 10.0. The van der Waals surface area contributed by atoms with Crippen LogP contribution in [-0.4, -0.2) is 40.9 Å². The van der Waals surface area contributed by atoms with Crippen molar-refractivity contribution in [1.82, 2.24) is 20.4 Å². The molecular formula is C18H31N5O. The Bertz CT molecular complexity index is 562. The zero-order chi connectivity index (χ0) is 17.1. The van der Waals surface area contributed by atoms with Crippen LogP contribution in [0.4, 0.5) is 5.82 Å². The summed E-state index contributed by atoms with van der Waals surface area (Å²) in [6, 6.07) is 2.34. The van der Waals surface area contributed by atoms with Crippen LogP contribution in [0.15, 0.2) is 6.07 Å². The minimum Gasteiger partial charge on any atom is -0.370 e. The summed E-state index contributed by atoms with van der Waals surface area (Å²) in [5.41, 5.74) is 1.04. The molecule has 6 heteroatoms. The minimum atomic E-state index is -0.119. The van der Waals surface area contributed by atoms with Gasteiger partial charge in [-0.2, -0.15) is 5.10 Å². The van der Waals surface area contributed by atoms with Gasteiger partial charge in [0.25, 0.3) is 0 Å². The quantitative estimate of drug-likeness (QED) is 0.744. The number of nitrogens with zero attached hydrogens (tertiary/aromatic N) is 2. The summed E-state index contributed by atoms with van der Waals surface area (Å²) in [5, 5.41) is 14.7. The Morgan fingerprint density at radius 3 is 2.88 bits per heavy atom. The third-order valence-electron chi connectivity index (χ3n) is 5.18. The number of amides is 1. The van der Waals surface area contributed by atoms with Crippen LogP contribution in [0.5, 0.6) is 0 Å². The molecular weight excluding hydrogens is 302 g/mol. The van der Waals surface area contributed by atoms with Gasteiger partial charge in [-0.3, -0.25) is 4.79 Å². The second-order valence-electron chi connectivity index (χ2n) is 7.72. The van der Waals surface area contributed by atoms with Crippen molar-refractivity contribution in [1.29, 1.82) is 0 Å². The lowest BCUT2D eigenvalue weighted by Crippen LogP contribution is -2.51. The van der Waals surface area contributed by atoms with Crippen LogP contribution in [0.25, 0.3) is 0 Å². The number of nitrogens with one attached hydrogen (secondary N) is 3. The fourth-order valence-electron chi connectivity index (χ4n) is 3.81. The van der Waals surface area contributed by atoms with Crippen LogP contribution < -0.4 is 16.0 Å². The molecule has 3 rings (SSSR count). The van der Waals surface area contributed by atoms with E-state index in [1.807, 2.05) is 11.6 Å². The summed E-state index contributed by atoms with van der Waals surface area (Å²) in [5.74, 6) is 1.99. The topological polar surface area (TPSA) is 71.0 Å². The summed E-state index contributed by atoms with van der Waals surface area (Å²) < 4.78 is 2.04. The Labute approximate surface area is 144 Å². The smallest absolute Gasteiger partial charge is 0.237 e. The number of fused-ring (bicyclic) bond motifs is 1. The van der Waals surface area contributed by atoms with Crippen LogP contribution in [0.3, 0.4) is 0 Å².